The smallest absolute Gasteiger partial charge is 0.339 e. The molecule has 1 aromatic rings. The number of benzene rings is 1. The molecule has 0 aliphatic heterocycles. The van der Waals surface area contributed by atoms with Crippen LogP contribution in [0.15, 0.2) is 34.9 Å². The fraction of sp³-hybridized carbons (Fsp3) is 0.231. The van der Waals surface area contributed by atoms with Crippen LogP contribution in [-0.4, -0.2) is 25.7 Å². The number of carbonyl (C=O) groups excluding carboxylic acids is 2. The molecule has 0 aliphatic carbocycles. The molecule has 0 spiro atoms. The summed E-state index contributed by atoms with van der Waals surface area (Å²) >= 11 is 3.31. The van der Waals surface area contributed by atoms with E-state index in [1.165, 1.54) is 19.4 Å². The number of hydrogen-bond acceptors (Lipinski definition) is 5. The summed E-state index contributed by atoms with van der Waals surface area (Å²) in [5, 5.41) is 2.89. The molecular weight excluding hydrogens is 314 g/mol. The molecule has 0 heterocycles. The number of nitrogens with one attached hydrogen (secondary N) is 1. The lowest BCUT2D eigenvalue weighted by molar-refractivity contribution is -0.137. The zero-order valence-electron chi connectivity index (χ0n) is 10.6. The molecule has 5 nitrogen and oxygen atoms in total. The lowest BCUT2D eigenvalue weighted by atomic mass is 10.2. The molecule has 0 saturated heterocycles. The third-order valence-corrected chi connectivity index (χ3v) is 3.00. The van der Waals surface area contributed by atoms with Crippen molar-refractivity contribution < 1.29 is 19.1 Å². The SMILES string of the molecule is CCOC(=O)/C=C/Nc1cccc(C(=O)OC)c1Br. The van der Waals surface area contributed by atoms with Crippen molar-refractivity contribution in [3.8, 4) is 0 Å². The van der Waals surface area contributed by atoms with Gasteiger partial charge in [-0.15, -0.1) is 0 Å². The first-order chi connectivity index (χ1) is 9.10. The average molecular weight is 328 g/mol. The second kappa shape index (κ2) is 7.58. The normalized spacial score (nSPS) is 10.3. The van der Waals surface area contributed by atoms with Gasteiger partial charge in [0.25, 0.3) is 0 Å². The second-order valence-electron chi connectivity index (χ2n) is 3.39. The van der Waals surface area contributed by atoms with Gasteiger partial charge in [-0.2, -0.15) is 0 Å². The maximum Gasteiger partial charge on any atom is 0.339 e. The molecule has 19 heavy (non-hydrogen) atoms. The summed E-state index contributed by atoms with van der Waals surface area (Å²) in [6.07, 6.45) is 2.71. The van der Waals surface area contributed by atoms with E-state index < -0.39 is 11.9 Å². The number of methoxy groups -OCH3 is 1. The molecule has 102 valence electrons. The van der Waals surface area contributed by atoms with Gasteiger partial charge in [0.15, 0.2) is 0 Å². The molecule has 0 radical (unpaired) electrons. The van der Waals surface area contributed by atoms with E-state index in [1.807, 2.05) is 0 Å². The standard InChI is InChI=1S/C13H14BrNO4/c1-3-19-11(16)7-8-15-10-6-4-5-9(12(10)14)13(17)18-2/h4-8,15H,3H2,1-2H3/b8-7+. The first-order valence-corrected chi connectivity index (χ1v) is 6.36. The summed E-state index contributed by atoms with van der Waals surface area (Å²) in [7, 11) is 1.32. The number of esters is 2. The second-order valence-corrected chi connectivity index (χ2v) is 4.18. The van der Waals surface area contributed by atoms with E-state index >= 15 is 0 Å². The van der Waals surface area contributed by atoms with Gasteiger partial charge < -0.3 is 14.8 Å². The Kier molecular flexibility index (Phi) is 6.08. The van der Waals surface area contributed by atoms with E-state index in [9.17, 15) is 9.59 Å². The fourth-order valence-electron chi connectivity index (χ4n) is 1.30. The van der Waals surface area contributed by atoms with Gasteiger partial charge in [-0.1, -0.05) is 6.07 Å². The molecule has 0 aromatic heterocycles. The highest BCUT2D eigenvalue weighted by atomic mass is 79.9. The summed E-state index contributed by atoms with van der Waals surface area (Å²) < 4.78 is 9.96. The fourth-order valence-corrected chi connectivity index (χ4v) is 1.84. The summed E-state index contributed by atoms with van der Waals surface area (Å²) in [6.45, 7) is 2.06. The predicted molar refractivity (Wildman–Crippen MR) is 74.9 cm³/mol. The molecule has 0 atom stereocenters. The van der Waals surface area contributed by atoms with Gasteiger partial charge in [-0.05, 0) is 35.0 Å². The van der Waals surface area contributed by atoms with E-state index in [0.717, 1.165) is 0 Å². The van der Waals surface area contributed by atoms with Gasteiger partial charge >= 0.3 is 11.9 Å². The topological polar surface area (TPSA) is 64.6 Å². The van der Waals surface area contributed by atoms with Crippen LogP contribution in [0.5, 0.6) is 0 Å². The summed E-state index contributed by atoms with van der Waals surface area (Å²) in [4.78, 5) is 22.6. The Hall–Kier alpha value is -1.82. The van der Waals surface area contributed by atoms with Crippen molar-refractivity contribution in [3.05, 3.63) is 40.5 Å². The minimum atomic E-state index is -0.440. The highest BCUT2D eigenvalue weighted by molar-refractivity contribution is 9.10. The van der Waals surface area contributed by atoms with E-state index in [4.69, 9.17) is 4.74 Å². The van der Waals surface area contributed by atoms with Gasteiger partial charge in [0.1, 0.15) is 0 Å². The van der Waals surface area contributed by atoms with E-state index in [0.29, 0.717) is 22.3 Å². The third kappa shape index (κ3) is 4.40. The Balaban J connectivity index is 2.80. The number of rotatable bonds is 5. The third-order valence-electron chi connectivity index (χ3n) is 2.15. The molecular formula is C13H14BrNO4. The quantitative estimate of drug-likeness (QED) is 0.665. The zero-order chi connectivity index (χ0) is 14.3. The van der Waals surface area contributed by atoms with Crippen molar-refractivity contribution in [3.63, 3.8) is 0 Å². The molecule has 6 heteroatoms. The van der Waals surface area contributed by atoms with Crippen LogP contribution in [0, 0.1) is 0 Å². The predicted octanol–water partition coefficient (Wildman–Crippen LogP) is 2.72. The minimum absolute atomic E-state index is 0.324. The Bertz CT molecular complexity index is 499. The van der Waals surface area contributed by atoms with Crippen molar-refractivity contribution in [1.82, 2.24) is 0 Å². The molecule has 0 amide bonds. The van der Waals surface area contributed by atoms with Gasteiger partial charge in [-0.25, -0.2) is 9.59 Å². The van der Waals surface area contributed by atoms with Crippen molar-refractivity contribution >= 4 is 33.6 Å². The molecule has 0 aliphatic rings. The Morgan fingerprint density at radius 2 is 2.16 bits per heavy atom. The van der Waals surface area contributed by atoms with Crippen LogP contribution in [0.3, 0.4) is 0 Å². The molecule has 0 fully saturated rings. The Morgan fingerprint density at radius 3 is 2.79 bits per heavy atom. The lowest BCUT2D eigenvalue weighted by Gasteiger charge is -2.08. The van der Waals surface area contributed by atoms with Crippen LogP contribution < -0.4 is 5.32 Å². The Labute approximate surface area is 119 Å². The number of carbonyl (C=O) groups is 2. The minimum Gasteiger partial charge on any atom is -0.465 e. The highest BCUT2D eigenvalue weighted by Gasteiger charge is 2.12. The Morgan fingerprint density at radius 1 is 1.42 bits per heavy atom. The van der Waals surface area contributed by atoms with Crippen LogP contribution in [0.2, 0.25) is 0 Å². The molecule has 0 bridgehead atoms. The lowest BCUT2D eigenvalue weighted by Crippen LogP contribution is -2.04. The van der Waals surface area contributed by atoms with Crippen LogP contribution in [0.4, 0.5) is 5.69 Å². The molecule has 0 saturated carbocycles. The van der Waals surface area contributed by atoms with Crippen molar-refractivity contribution in [2.24, 2.45) is 0 Å². The van der Waals surface area contributed by atoms with Crippen LogP contribution in [0.1, 0.15) is 17.3 Å². The number of ether oxygens (including phenoxy) is 2. The molecule has 1 N–H and O–H groups in total. The number of hydrogen-bond donors (Lipinski definition) is 1. The maximum atomic E-state index is 11.5. The summed E-state index contributed by atoms with van der Waals surface area (Å²) in [6, 6.07) is 5.10. The summed E-state index contributed by atoms with van der Waals surface area (Å²) in [5.41, 5.74) is 1.04. The van der Waals surface area contributed by atoms with Crippen molar-refractivity contribution in [2.75, 3.05) is 19.0 Å². The van der Waals surface area contributed by atoms with Crippen LogP contribution in [-0.2, 0) is 14.3 Å². The zero-order valence-corrected chi connectivity index (χ0v) is 12.2. The maximum absolute atomic E-state index is 11.5. The van der Waals surface area contributed by atoms with Crippen molar-refractivity contribution in [2.45, 2.75) is 6.92 Å². The molecule has 0 unspecified atom stereocenters. The van der Waals surface area contributed by atoms with E-state index in [2.05, 4.69) is 26.0 Å². The molecule has 1 aromatic carbocycles. The van der Waals surface area contributed by atoms with Gasteiger partial charge in [0.05, 0.1) is 29.4 Å². The van der Waals surface area contributed by atoms with Gasteiger partial charge in [0.2, 0.25) is 0 Å². The van der Waals surface area contributed by atoms with Gasteiger partial charge in [0, 0.05) is 12.3 Å². The molecule has 1 rings (SSSR count). The number of halogens is 1. The monoisotopic (exact) mass is 327 g/mol. The largest absolute Gasteiger partial charge is 0.465 e. The van der Waals surface area contributed by atoms with E-state index in [-0.39, 0.29) is 0 Å². The first-order valence-electron chi connectivity index (χ1n) is 5.56. The first kappa shape index (κ1) is 15.2. The van der Waals surface area contributed by atoms with Crippen LogP contribution >= 0.6 is 15.9 Å². The van der Waals surface area contributed by atoms with E-state index in [1.54, 1.807) is 25.1 Å². The van der Waals surface area contributed by atoms with Gasteiger partial charge in [-0.3, -0.25) is 0 Å². The number of anilines is 1. The highest BCUT2D eigenvalue weighted by Crippen LogP contribution is 2.26. The summed E-state index contributed by atoms with van der Waals surface area (Å²) in [5.74, 6) is -0.875. The van der Waals surface area contributed by atoms with Crippen LogP contribution in [0.25, 0.3) is 0 Å². The average Bonchev–Trinajstić information content (AvgIpc) is 2.40. The van der Waals surface area contributed by atoms with Crippen molar-refractivity contribution in [1.29, 1.82) is 0 Å².